The van der Waals surface area contributed by atoms with E-state index in [2.05, 4.69) is 74.3 Å². The lowest BCUT2D eigenvalue weighted by molar-refractivity contribution is 0.319. The van der Waals surface area contributed by atoms with Gasteiger partial charge in [0, 0.05) is 13.1 Å². The third-order valence-electron chi connectivity index (χ3n) is 3.03. The van der Waals surface area contributed by atoms with Crippen LogP contribution in [0.25, 0.3) is 0 Å². The van der Waals surface area contributed by atoms with Crippen molar-refractivity contribution in [1.29, 1.82) is 0 Å². The molecule has 0 aliphatic heterocycles. The number of rotatable bonds is 4. The molecular weight excluding hydrogens is 218 g/mol. The van der Waals surface area contributed by atoms with E-state index in [-0.39, 0.29) is 0 Å². The minimum atomic E-state index is 0.994. The molecule has 0 amide bonds. The zero-order chi connectivity index (χ0) is 13.0. The summed E-state index contributed by atoms with van der Waals surface area (Å²) in [6, 6.07) is 17.4. The van der Waals surface area contributed by atoms with Crippen molar-refractivity contribution in [3.63, 3.8) is 0 Å². The zero-order valence-electron chi connectivity index (χ0n) is 11.5. The average Bonchev–Trinajstić information content (AvgIpc) is 2.28. The van der Waals surface area contributed by atoms with Gasteiger partial charge in [-0.3, -0.25) is 4.90 Å². The molecule has 18 heavy (non-hydrogen) atoms. The van der Waals surface area contributed by atoms with Crippen LogP contribution in [0.1, 0.15) is 22.3 Å². The van der Waals surface area contributed by atoms with Gasteiger partial charge in [-0.1, -0.05) is 59.7 Å². The highest BCUT2D eigenvalue weighted by Gasteiger charge is 2.02. The second kappa shape index (κ2) is 5.83. The second-order valence-electron chi connectivity index (χ2n) is 5.15. The lowest BCUT2D eigenvalue weighted by atomic mass is 10.1. The van der Waals surface area contributed by atoms with Gasteiger partial charge < -0.3 is 0 Å². The van der Waals surface area contributed by atoms with E-state index in [1.165, 1.54) is 22.3 Å². The van der Waals surface area contributed by atoms with Crippen LogP contribution in [0.4, 0.5) is 0 Å². The lowest BCUT2D eigenvalue weighted by Gasteiger charge is -2.17. The van der Waals surface area contributed by atoms with E-state index >= 15 is 0 Å². The van der Waals surface area contributed by atoms with Gasteiger partial charge in [0.05, 0.1) is 0 Å². The Morgan fingerprint density at radius 2 is 1.33 bits per heavy atom. The molecule has 1 nitrogen and oxygen atoms in total. The maximum Gasteiger partial charge on any atom is 0.0234 e. The monoisotopic (exact) mass is 239 g/mol. The van der Waals surface area contributed by atoms with Gasteiger partial charge in [-0.05, 0) is 32.0 Å². The summed E-state index contributed by atoms with van der Waals surface area (Å²) in [6.07, 6.45) is 0. The second-order valence-corrected chi connectivity index (χ2v) is 5.15. The summed E-state index contributed by atoms with van der Waals surface area (Å²) in [6.45, 7) is 6.31. The Labute approximate surface area is 110 Å². The molecule has 0 aliphatic rings. The molecule has 0 aliphatic carbocycles. The number of nitrogens with zero attached hydrogens (tertiary/aromatic N) is 1. The molecule has 2 rings (SSSR count). The molecule has 0 aromatic heterocycles. The molecule has 1 heteroatoms. The topological polar surface area (TPSA) is 3.24 Å². The van der Waals surface area contributed by atoms with E-state index in [0.29, 0.717) is 0 Å². The van der Waals surface area contributed by atoms with E-state index in [1.54, 1.807) is 0 Å². The fourth-order valence-corrected chi connectivity index (χ4v) is 2.42. The fourth-order valence-electron chi connectivity index (χ4n) is 2.42. The summed E-state index contributed by atoms with van der Waals surface area (Å²) in [5, 5.41) is 0. The Bertz CT molecular complexity index is 482. The Kier molecular flexibility index (Phi) is 4.16. The van der Waals surface area contributed by atoms with Crippen molar-refractivity contribution in [3.8, 4) is 0 Å². The molecule has 2 aromatic rings. The molecule has 0 bridgehead atoms. The van der Waals surface area contributed by atoms with E-state index in [1.807, 2.05) is 0 Å². The molecule has 0 heterocycles. The van der Waals surface area contributed by atoms with Crippen molar-refractivity contribution < 1.29 is 0 Å². The van der Waals surface area contributed by atoms with Gasteiger partial charge in [-0.15, -0.1) is 0 Å². The molecule has 0 saturated carbocycles. The molecule has 0 atom stereocenters. The number of aryl methyl sites for hydroxylation is 2. The first-order valence-electron chi connectivity index (χ1n) is 6.43. The number of benzene rings is 2. The fraction of sp³-hybridized carbons (Fsp3) is 0.294. The summed E-state index contributed by atoms with van der Waals surface area (Å²) in [4.78, 5) is 2.35. The predicted octanol–water partition coefficient (Wildman–Crippen LogP) is 3.94. The molecule has 0 N–H and O–H groups in total. The molecule has 94 valence electrons. The van der Waals surface area contributed by atoms with Crippen molar-refractivity contribution in [3.05, 3.63) is 70.8 Å². The van der Waals surface area contributed by atoms with Crippen molar-refractivity contribution in [2.75, 3.05) is 7.05 Å². The van der Waals surface area contributed by atoms with Crippen LogP contribution in [0.3, 0.4) is 0 Å². The van der Waals surface area contributed by atoms with Gasteiger partial charge >= 0.3 is 0 Å². The summed E-state index contributed by atoms with van der Waals surface area (Å²) < 4.78 is 0. The summed E-state index contributed by atoms with van der Waals surface area (Å²) in [5.74, 6) is 0. The van der Waals surface area contributed by atoms with Crippen LogP contribution in [-0.4, -0.2) is 11.9 Å². The minimum Gasteiger partial charge on any atom is -0.298 e. The summed E-state index contributed by atoms with van der Waals surface area (Å²) in [5.41, 5.74) is 5.45. The Balaban J connectivity index is 2.01. The van der Waals surface area contributed by atoms with Crippen molar-refractivity contribution in [2.24, 2.45) is 0 Å². The molecule has 0 saturated heterocycles. The predicted molar refractivity (Wildman–Crippen MR) is 77.5 cm³/mol. The third kappa shape index (κ3) is 3.71. The van der Waals surface area contributed by atoms with Crippen LogP contribution >= 0.6 is 0 Å². The standard InChI is InChI=1S/C17H21N/c1-14-9-15(2)11-17(10-14)13-18(3)12-16-7-5-4-6-8-16/h4-11H,12-13H2,1-3H3. The van der Waals surface area contributed by atoms with Gasteiger partial charge in [0.15, 0.2) is 0 Å². The maximum absolute atomic E-state index is 2.35. The third-order valence-corrected chi connectivity index (χ3v) is 3.03. The largest absolute Gasteiger partial charge is 0.298 e. The molecular formula is C17H21N. The normalized spacial score (nSPS) is 10.9. The van der Waals surface area contributed by atoms with Gasteiger partial charge in [0.1, 0.15) is 0 Å². The summed E-state index contributed by atoms with van der Waals surface area (Å²) >= 11 is 0. The highest BCUT2D eigenvalue weighted by molar-refractivity contribution is 5.28. The van der Waals surface area contributed by atoms with Crippen molar-refractivity contribution >= 4 is 0 Å². The molecule has 0 unspecified atom stereocenters. The Hall–Kier alpha value is -1.60. The van der Waals surface area contributed by atoms with E-state index in [9.17, 15) is 0 Å². The first-order chi connectivity index (χ1) is 8.63. The van der Waals surface area contributed by atoms with Crippen LogP contribution in [0, 0.1) is 13.8 Å². The molecule has 0 radical (unpaired) electrons. The first kappa shape index (κ1) is 12.8. The van der Waals surface area contributed by atoms with Gasteiger partial charge in [0.25, 0.3) is 0 Å². The van der Waals surface area contributed by atoms with Crippen LogP contribution in [0.5, 0.6) is 0 Å². The van der Waals surface area contributed by atoms with Crippen LogP contribution < -0.4 is 0 Å². The van der Waals surface area contributed by atoms with Gasteiger partial charge in [0.2, 0.25) is 0 Å². The van der Waals surface area contributed by atoms with E-state index in [0.717, 1.165) is 13.1 Å². The molecule has 2 aromatic carbocycles. The summed E-state index contributed by atoms with van der Waals surface area (Å²) in [7, 11) is 2.17. The van der Waals surface area contributed by atoms with Crippen LogP contribution in [0.2, 0.25) is 0 Å². The van der Waals surface area contributed by atoms with Crippen molar-refractivity contribution in [2.45, 2.75) is 26.9 Å². The highest BCUT2D eigenvalue weighted by atomic mass is 15.1. The number of hydrogen-bond acceptors (Lipinski definition) is 1. The Morgan fingerprint density at radius 1 is 0.778 bits per heavy atom. The maximum atomic E-state index is 2.35. The highest BCUT2D eigenvalue weighted by Crippen LogP contribution is 2.12. The van der Waals surface area contributed by atoms with Gasteiger partial charge in [-0.25, -0.2) is 0 Å². The zero-order valence-corrected chi connectivity index (χ0v) is 11.5. The molecule has 0 spiro atoms. The first-order valence-corrected chi connectivity index (χ1v) is 6.43. The van der Waals surface area contributed by atoms with E-state index < -0.39 is 0 Å². The molecule has 0 fully saturated rings. The van der Waals surface area contributed by atoms with Gasteiger partial charge in [-0.2, -0.15) is 0 Å². The average molecular weight is 239 g/mol. The van der Waals surface area contributed by atoms with Crippen LogP contribution in [0.15, 0.2) is 48.5 Å². The lowest BCUT2D eigenvalue weighted by Crippen LogP contribution is -2.17. The smallest absolute Gasteiger partial charge is 0.0234 e. The Morgan fingerprint density at radius 3 is 1.94 bits per heavy atom. The minimum absolute atomic E-state index is 0.994. The van der Waals surface area contributed by atoms with Crippen molar-refractivity contribution in [1.82, 2.24) is 4.90 Å². The SMILES string of the molecule is Cc1cc(C)cc(CN(C)Cc2ccccc2)c1. The van der Waals surface area contributed by atoms with Crippen LogP contribution in [-0.2, 0) is 13.1 Å². The van der Waals surface area contributed by atoms with E-state index in [4.69, 9.17) is 0 Å². The quantitative estimate of drug-likeness (QED) is 0.781. The number of hydrogen-bond donors (Lipinski definition) is 0.